The van der Waals surface area contributed by atoms with Crippen LogP contribution in [0.1, 0.15) is 54.0 Å². The van der Waals surface area contributed by atoms with Crippen molar-refractivity contribution in [3.05, 3.63) is 49.4 Å². The minimum atomic E-state index is -0.504. The van der Waals surface area contributed by atoms with Gasteiger partial charge in [-0.3, -0.25) is 9.48 Å². The van der Waals surface area contributed by atoms with E-state index in [0.717, 1.165) is 16.1 Å². The summed E-state index contributed by atoms with van der Waals surface area (Å²) >= 11 is 7.53. The van der Waals surface area contributed by atoms with Gasteiger partial charge < -0.3 is 14.6 Å². The molecule has 0 spiro atoms. The molecule has 1 amide bonds. The number of halogens is 1. The number of hydrogen-bond acceptors (Lipinski definition) is 7. The molecule has 0 fully saturated rings. The summed E-state index contributed by atoms with van der Waals surface area (Å²) in [6.45, 7) is 9.36. The summed E-state index contributed by atoms with van der Waals surface area (Å²) in [5, 5.41) is 12.1. The first kappa shape index (κ1) is 21.1. The highest BCUT2D eigenvalue weighted by Gasteiger charge is 2.26. The minimum absolute atomic E-state index is 0.130. The quantitative estimate of drug-likeness (QED) is 0.601. The first-order chi connectivity index (χ1) is 13.6. The van der Waals surface area contributed by atoms with Gasteiger partial charge in [-0.25, -0.2) is 4.79 Å². The number of carbonyl (C=O) groups excluding carboxylic acids is 2. The maximum Gasteiger partial charge on any atom is 0.341 e. The smallest absolute Gasteiger partial charge is 0.341 e. The predicted molar refractivity (Wildman–Crippen MR) is 110 cm³/mol. The fourth-order valence-electron chi connectivity index (χ4n) is 2.96. The van der Waals surface area contributed by atoms with Crippen LogP contribution in [-0.4, -0.2) is 33.9 Å². The van der Waals surface area contributed by atoms with Crippen LogP contribution in [0.25, 0.3) is 0 Å². The normalized spacial score (nSPS) is 11.0. The largest absolute Gasteiger partial charge is 0.465 e. The molecule has 0 saturated heterocycles. The molecule has 3 aromatic heterocycles. The van der Waals surface area contributed by atoms with Gasteiger partial charge >= 0.3 is 5.97 Å². The van der Waals surface area contributed by atoms with Crippen LogP contribution < -0.4 is 5.32 Å². The number of aromatic nitrogens is 3. The number of aryl methyl sites for hydroxylation is 3. The molecule has 154 valence electrons. The van der Waals surface area contributed by atoms with E-state index < -0.39 is 11.9 Å². The summed E-state index contributed by atoms with van der Waals surface area (Å²) in [5.74, 6) is -0.475. The van der Waals surface area contributed by atoms with Crippen LogP contribution in [0.5, 0.6) is 0 Å². The third-order valence-electron chi connectivity index (χ3n) is 4.80. The van der Waals surface area contributed by atoms with E-state index in [1.165, 1.54) is 18.4 Å². The Morgan fingerprint density at radius 2 is 1.93 bits per heavy atom. The van der Waals surface area contributed by atoms with Crippen molar-refractivity contribution >= 4 is 39.8 Å². The van der Waals surface area contributed by atoms with E-state index in [4.69, 9.17) is 20.9 Å². The van der Waals surface area contributed by atoms with Gasteiger partial charge in [0.2, 0.25) is 0 Å². The van der Waals surface area contributed by atoms with Crippen molar-refractivity contribution in [2.24, 2.45) is 0 Å². The lowest BCUT2D eigenvalue weighted by molar-refractivity contribution is 0.0601. The highest BCUT2D eigenvalue weighted by atomic mass is 35.5. The summed E-state index contributed by atoms with van der Waals surface area (Å²) in [6.07, 6.45) is 0. The summed E-state index contributed by atoms with van der Waals surface area (Å²) in [5.41, 5.74) is 3.33. The third-order valence-corrected chi connectivity index (χ3v) is 6.47. The number of methoxy groups -OCH3 is 1. The Balaban J connectivity index is 1.93. The molecule has 3 aromatic rings. The zero-order valence-corrected chi connectivity index (χ0v) is 18.5. The molecule has 0 saturated carbocycles. The van der Waals surface area contributed by atoms with Crippen LogP contribution in [0.15, 0.2) is 4.52 Å². The van der Waals surface area contributed by atoms with Gasteiger partial charge in [0.15, 0.2) is 5.69 Å². The topological polar surface area (TPSA) is 99.2 Å². The lowest BCUT2D eigenvalue weighted by Crippen LogP contribution is -2.17. The Morgan fingerprint density at radius 1 is 1.24 bits per heavy atom. The van der Waals surface area contributed by atoms with Crippen LogP contribution in [0.2, 0.25) is 5.02 Å². The van der Waals surface area contributed by atoms with E-state index in [9.17, 15) is 9.59 Å². The summed E-state index contributed by atoms with van der Waals surface area (Å²) in [4.78, 5) is 26.0. The molecule has 0 atom stereocenters. The van der Waals surface area contributed by atoms with Crippen LogP contribution in [0.3, 0.4) is 0 Å². The molecule has 0 aliphatic carbocycles. The fraction of sp³-hybridized carbons (Fsp3) is 0.368. The number of hydrogen-bond donors (Lipinski definition) is 1. The highest BCUT2D eigenvalue weighted by Crippen LogP contribution is 2.33. The number of esters is 1. The number of nitrogens with one attached hydrogen (secondary N) is 1. The van der Waals surface area contributed by atoms with Gasteiger partial charge in [0.1, 0.15) is 10.8 Å². The number of nitrogens with zero attached hydrogens (tertiary/aromatic N) is 3. The molecule has 0 unspecified atom stereocenters. The van der Waals surface area contributed by atoms with Crippen molar-refractivity contribution in [1.82, 2.24) is 14.9 Å². The number of ether oxygens (including phenoxy) is 1. The van der Waals surface area contributed by atoms with Gasteiger partial charge in [-0.2, -0.15) is 5.10 Å². The predicted octanol–water partition coefficient (Wildman–Crippen LogP) is 4.22. The summed E-state index contributed by atoms with van der Waals surface area (Å²) in [7, 11) is 1.30. The van der Waals surface area contributed by atoms with Gasteiger partial charge in [-0.15, -0.1) is 11.3 Å². The maximum absolute atomic E-state index is 12.9. The second kappa shape index (κ2) is 8.00. The zero-order valence-electron chi connectivity index (χ0n) is 17.0. The summed E-state index contributed by atoms with van der Waals surface area (Å²) < 4.78 is 11.8. The van der Waals surface area contributed by atoms with E-state index >= 15 is 0 Å². The van der Waals surface area contributed by atoms with Crippen LogP contribution in [-0.2, 0) is 11.3 Å². The van der Waals surface area contributed by atoms with Crippen LogP contribution in [0, 0.1) is 34.6 Å². The molecule has 0 aliphatic heterocycles. The number of anilines is 1. The van der Waals surface area contributed by atoms with Gasteiger partial charge in [-0.05, 0) is 40.2 Å². The summed E-state index contributed by atoms with van der Waals surface area (Å²) in [6, 6.07) is 0. The Labute approximate surface area is 176 Å². The monoisotopic (exact) mass is 436 g/mol. The number of thiophene rings is 1. The second-order valence-corrected chi connectivity index (χ2v) is 8.24. The second-order valence-electron chi connectivity index (χ2n) is 6.64. The average Bonchev–Trinajstić information content (AvgIpc) is 3.26. The number of carbonyl (C=O) groups is 2. The van der Waals surface area contributed by atoms with E-state index in [1.54, 1.807) is 11.6 Å². The lowest BCUT2D eigenvalue weighted by Gasteiger charge is -2.07. The molecule has 10 heteroatoms. The molecule has 0 radical (unpaired) electrons. The van der Waals surface area contributed by atoms with Crippen molar-refractivity contribution < 1.29 is 18.8 Å². The minimum Gasteiger partial charge on any atom is -0.465 e. The third kappa shape index (κ3) is 3.79. The van der Waals surface area contributed by atoms with Crippen molar-refractivity contribution in [3.63, 3.8) is 0 Å². The molecule has 0 aliphatic rings. The first-order valence-corrected chi connectivity index (χ1v) is 9.99. The van der Waals surface area contributed by atoms with E-state index in [0.29, 0.717) is 32.6 Å². The Kier molecular flexibility index (Phi) is 5.81. The first-order valence-electron chi connectivity index (χ1n) is 8.80. The Morgan fingerprint density at radius 3 is 2.52 bits per heavy atom. The van der Waals surface area contributed by atoms with Crippen molar-refractivity contribution in [2.45, 2.75) is 41.2 Å². The Hall–Kier alpha value is -2.65. The van der Waals surface area contributed by atoms with Gasteiger partial charge in [0.05, 0.1) is 35.6 Å². The molecule has 8 nitrogen and oxygen atoms in total. The standard InChI is InChI=1S/C19H21ClN4O4S/c1-8-12(5)29-18(14(8)19(26)27-6)21-17(25)16-13(11(4)28-23-16)7-24-10(3)15(20)9(2)22-24/h7H2,1-6H3,(H,21,25). The molecule has 3 rings (SSSR count). The van der Waals surface area contributed by atoms with Crippen molar-refractivity contribution in [1.29, 1.82) is 0 Å². The molecule has 29 heavy (non-hydrogen) atoms. The average molecular weight is 437 g/mol. The van der Waals surface area contributed by atoms with Crippen molar-refractivity contribution in [3.8, 4) is 0 Å². The number of amides is 1. The molecular weight excluding hydrogens is 416 g/mol. The van der Waals surface area contributed by atoms with Gasteiger partial charge in [-0.1, -0.05) is 16.8 Å². The van der Waals surface area contributed by atoms with E-state index in [-0.39, 0.29) is 12.2 Å². The SMILES string of the molecule is COC(=O)c1c(NC(=O)c2noc(C)c2Cn2nc(C)c(Cl)c2C)sc(C)c1C. The highest BCUT2D eigenvalue weighted by molar-refractivity contribution is 7.16. The zero-order chi connectivity index (χ0) is 21.5. The molecule has 3 heterocycles. The van der Waals surface area contributed by atoms with Gasteiger partial charge in [0.25, 0.3) is 5.91 Å². The lowest BCUT2D eigenvalue weighted by atomic mass is 10.1. The van der Waals surface area contributed by atoms with E-state index in [2.05, 4.69) is 15.6 Å². The Bertz CT molecular complexity index is 1110. The molecule has 0 aromatic carbocycles. The van der Waals surface area contributed by atoms with Gasteiger partial charge in [0, 0.05) is 10.4 Å². The fourth-order valence-corrected chi connectivity index (χ4v) is 4.14. The number of rotatable bonds is 5. The maximum atomic E-state index is 12.9. The van der Waals surface area contributed by atoms with Crippen LogP contribution in [0.4, 0.5) is 5.00 Å². The van der Waals surface area contributed by atoms with Crippen LogP contribution >= 0.6 is 22.9 Å². The van der Waals surface area contributed by atoms with E-state index in [1.807, 2.05) is 27.7 Å². The molecular formula is C19H21ClN4O4S. The van der Waals surface area contributed by atoms with Crippen molar-refractivity contribution in [2.75, 3.05) is 12.4 Å². The molecule has 0 bridgehead atoms. The molecule has 1 N–H and O–H groups in total.